The maximum absolute atomic E-state index is 11.4. The summed E-state index contributed by atoms with van der Waals surface area (Å²) in [6, 6.07) is 0. The van der Waals surface area contributed by atoms with Gasteiger partial charge in [-0.05, 0) is 12.8 Å². The summed E-state index contributed by atoms with van der Waals surface area (Å²) in [7, 11) is 3.76. The third kappa shape index (κ3) is 16.7. The quantitative estimate of drug-likeness (QED) is 0.176. The van der Waals surface area contributed by atoms with Crippen molar-refractivity contribution in [3.8, 4) is 0 Å². The largest absolute Gasteiger partial charge is 0.468 e. The highest BCUT2D eigenvalue weighted by molar-refractivity contribution is 8.00. The van der Waals surface area contributed by atoms with E-state index in [-0.39, 0.29) is 5.97 Å². The first kappa shape index (κ1) is 23.9. The third-order valence-electron chi connectivity index (χ3n) is 4.67. The Kier molecular flexibility index (Phi) is 19.1. The Morgan fingerprint density at radius 3 is 1.88 bits per heavy atom. The Labute approximate surface area is 156 Å². The molecule has 0 aliphatic carbocycles. The fraction of sp³-hybridized carbons (Fsp3) is 0.950. The molecular formula is C20H41BO2S. The number of methoxy groups -OCH3 is 1. The maximum Gasteiger partial charge on any atom is 0.315 e. The van der Waals surface area contributed by atoms with Gasteiger partial charge in [0.05, 0.1) is 12.9 Å². The van der Waals surface area contributed by atoms with Crippen LogP contribution >= 0.6 is 11.8 Å². The van der Waals surface area contributed by atoms with Gasteiger partial charge in [-0.1, -0.05) is 90.3 Å². The first-order valence-corrected chi connectivity index (χ1v) is 11.5. The van der Waals surface area contributed by atoms with Gasteiger partial charge in [0, 0.05) is 5.25 Å². The van der Waals surface area contributed by atoms with Crippen molar-refractivity contribution < 1.29 is 9.53 Å². The summed E-state index contributed by atoms with van der Waals surface area (Å²) in [6.07, 6.45) is 20.2. The van der Waals surface area contributed by atoms with E-state index in [0.29, 0.717) is 11.0 Å². The van der Waals surface area contributed by atoms with Crippen molar-refractivity contribution in [2.75, 3.05) is 12.9 Å². The van der Waals surface area contributed by atoms with Crippen LogP contribution in [0.5, 0.6) is 0 Å². The minimum Gasteiger partial charge on any atom is -0.468 e. The van der Waals surface area contributed by atoms with E-state index in [2.05, 4.69) is 14.8 Å². The van der Waals surface area contributed by atoms with Gasteiger partial charge >= 0.3 is 5.97 Å². The summed E-state index contributed by atoms with van der Waals surface area (Å²) in [5.74, 6) is 0.445. The number of thioether (sulfide) groups is 1. The van der Waals surface area contributed by atoms with Crippen LogP contribution in [0.2, 0.25) is 6.32 Å². The van der Waals surface area contributed by atoms with Crippen LogP contribution in [-0.4, -0.2) is 31.9 Å². The molecule has 0 aliphatic heterocycles. The van der Waals surface area contributed by atoms with Gasteiger partial charge < -0.3 is 4.74 Å². The zero-order valence-electron chi connectivity index (χ0n) is 16.6. The highest BCUT2D eigenvalue weighted by Crippen LogP contribution is 2.24. The number of carbonyl (C=O) groups excluding carboxylic acids is 1. The van der Waals surface area contributed by atoms with Crippen molar-refractivity contribution in [3.05, 3.63) is 0 Å². The summed E-state index contributed by atoms with van der Waals surface area (Å²) in [4.78, 5) is 11.4. The summed E-state index contributed by atoms with van der Waals surface area (Å²) in [5, 5.41) is 0.644. The predicted octanol–water partition coefficient (Wildman–Crippen LogP) is 5.79. The second kappa shape index (κ2) is 19.2. The molecule has 0 aliphatic rings. The maximum atomic E-state index is 11.4. The van der Waals surface area contributed by atoms with E-state index in [4.69, 9.17) is 4.74 Å². The van der Waals surface area contributed by atoms with Crippen molar-refractivity contribution in [3.63, 3.8) is 0 Å². The molecule has 0 aromatic carbocycles. The van der Waals surface area contributed by atoms with E-state index in [1.54, 1.807) is 0 Å². The summed E-state index contributed by atoms with van der Waals surface area (Å²) in [5.41, 5.74) is 0. The number of hydrogen-bond acceptors (Lipinski definition) is 3. The van der Waals surface area contributed by atoms with Crippen molar-refractivity contribution >= 4 is 25.6 Å². The van der Waals surface area contributed by atoms with Crippen molar-refractivity contribution in [2.45, 2.75) is 108 Å². The summed E-state index contributed by atoms with van der Waals surface area (Å²) >= 11 is 1.82. The number of rotatable bonds is 18. The van der Waals surface area contributed by atoms with Gasteiger partial charge in [0.15, 0.2) is 0 Å². The molecule has 0 radical (unpaired) electrons. The van der Waals surface area contributed by atoms with Crippen LogP contribution in [0.25, 0.3) is 0 Å². The number of esters is 1. The second-order valence-electron chi connectivity index (χ2n) is 6.98. The molecule has 0 saturated carbocycles. The average molecular weight is 356 g/mol. The summed E-state index contributed by atoms with van der Waals surface area (Å²) < 4.78 is 4.79. The normalized spacial score (nSPS) is 12.2. The third-order valence-corrected chi connectivity index (χ3v) is 6.02. The monoisotopic (exact) mass is 356 g/mol. The van der Waals surface area contributed by atoms with Gasteiger partial charge in [-0.3, -0.25) is 4.79 Å². The van der Waals surface area contributed by atoms with Crippen LogP contribution in [0.4, 0.5) is 0 Å². The van der Waals surface area contributed by atoms with Gasteiger partial charge in [0.2, 0.25) is 0 Å². The molecule has 2 nitrogen and oxygen atoms in total. The first-order valence-electron chi connectivity index (χ1n) is 10.4. The highest BCUT2D eigenvalue weighted by atomic mass is 32.2. The highest BCUT2D eigenvalue weighted by Gasteiger charge is 2.12. The fourth-order valence-corrected chi connectivity index (χ4v) is 4.19. The zero-order chi connectivity index (χ0) is 17.9. The van der Waals surface area contributed by atoms with E-state index in [9.17, 15) is 4.79 Å². The Bertz CT molecular complexity index is 274. The van der Waals surface area contributed by atoms with E-state index in [1.807, 2.05) is 11.8 Å². The Balaban J connectivity index is 3.80. The Morgan fingerprint density at radius 1 is 0.875 bits per heavy atom. The lowest BCUT2D eigenvalue weighted by Gasteiger charge is -2.16. The SMILES string of the molecule is BCCCCCCCCC(CCCCCCCC)SCC(=O)OC. The average Bonchev–Trinajstić information content (AvgIpc) is 2.60. The molecule has 0 amide bonds. The Morgan fingerprint density at radius 2 is 1.38 bits per heavy atom. The molecule has 0 bridgehead atoms. The molecule has 0 saturated heterocycles. The van der Waals surface area contributed by atoms with Crippen LogP contribution in [0.15, 0.2) is 0 Å². The fourth-order valence-electron chi connectivity index (χ4n) is 3.04. The van der Waals surface area contributed by atoms with Gasteiger partial charge in [-0.2, -0.15) is 0 Å². The minimum atomic E-state index is -0.0764. The van der Waals surface area contributed by atoms with E-state index >= 15 is 0 Å². The molecule has 0 aromatic heterocycles. The van der Waals surface area contributed by atoms with E-state index in [1.165, 1.54) is 103 Å². The topological polar surface area (TPSA) is 26.3 Å². The molecule has 0 rings (SSSR count). The standard InChI is InChI=1S/C20H41BO2S/c1-3-4-5-6-9-12-15-19(24-18-20(22)23-2)16-13-10-7-8-11-14-17-21/h19H,3-18,21H2,1-2H3. The van der Waals surface area contributed by atoms with Gasteiger partial charge in [0.1, 0.15) is 7.85 Å². The van der Waals surface area contributed by atoms with Gasteiger partial charge in [-0.25, -0.2) is 0 Å². The predicted molar refractivity (Wildman–Crippen MR) is 112 cm³/mol. The lowest BCUT2D eigenvalue weighted by Crippen LogP contribution is -2.10. The number of ether oxygens (including phenoxy) is 1. The van der Waals surface area contributed by atoms with Crippen LogP contribution in [-0.2, 0) is 9.53 Å². The van der Waals surface area contributed by atoms with Crippen molar-refractivity contribution in [1.82, 2.24) is 0 Å². The number of unbranched alkanes of at least 4 members (excludes halogenated alkanes) is 10. The molecule has 24 heavy (non-hydrogen) atoms. The summed E-state index contributed by atoms with van der Waals surface area (Å²) in [6.45, 7) is 2.27. The molecule has 0 spiro atoms. The van der Waals surface area contributed by atoms with Gasteiger partial charge in [0.25, 0.3) is 0 Å². The van der Waals surface area contributed by atoms with Crippen LogP contribution in [0.3, 0.4) is 0 Å². The molecule has 0 fully saturated rings. The molecule has 0 aromatic rings. The number of hydrogen-bond donors (Lipinski definition) is 0. The molecule has 0 N–H and O–H groups in total. The second-order valence-corrected chi connectivity index (χ2v) is 8.26. The zero-order valence-corrected chi connectivity index (χ0v) is 17.4. The van der Waals surface area contributed by atoms with Crippen molar-refractivity contribution in [2.24, 2.45) is 0 Å². The Hall–Kier alpha value is -0.115. The first-order chi connectivity index (χ1) is 11.7. The lowest BCUT2D eigenvalue weighted by atomic mass is 9.98. The number of carbonyl (C=O) groups is 1. The minimum absolute atomic E-state index is 0.0764. The van der Waals surface area contributed by atoms with E-state index in [0.717, 1.165) is 0 Å². The van der Waals surface area contributed by atoms with Crippen LogP contribution in [0.1, 0.15) is 96.8 Å². The van der Waals surface area contributed by atoms with Crippen molar-refractivity contribution in [1.29, 1.82) is 0 Å². The molecule has 1 atom stereocenters. The molecular weight excluding hydrogens is 315 g/mol. The molecule has 4 heteroatoms. The molecule has 1 unspecified atom stereocenters. The van der Waals surface area contributed by atoms with E-state index < -0.39 is 0 Å². The smallest absolute Gasteiger partial charge is 0.315 e. The molecule has 0 heterocycles. The lowest BCUT2D eigenvalue weighted by molar-refractivity contribution is -0.137. The van der Waals surface area contributed by atoms with Crippen LogP contribution < -0.4 is 0 Å². The molecule has 142 valence electrons. The van der Waals surface area contributed by atoms with Gasteiger partial charge in [-0.15, -0.1) is 11.8 Å². The van der Waals surface area contributed by atoms with Crippen LogP contribution in [0, 0.1) is 0 Å².